The van der Waals surface area contributed by atoms with E-state index in [1.807, 2.05) is 60.7 Å². The van der Waals surface area contributed by atoms with Gasteiger partial charge < -0.3 is 46.2 Å². The highest BCUT2D eigenvalue weighted by Crippen LogP contribution is 2.59. The van der Waals surface area contributed by atoms with Crippen LogP contribution in [0, 0.1) is 11.8 Å². The molecule has 0 saturated carbocycles. The molecule has 5 aromatic rings. The summed E-state index contributed by atoms with van der Waals surface area (Å²) in [5.74, 6) is 1.26. The largest absolute Gasteiger partial charge is 0.399 e. The minimum absolute atomic E-state index is 0.0494. The van der Waals surface area contributed by atoms with Gasteiger partial charge in [-0.1, -0.05) is 91.1 Å². The van der Waals surface area contributed by atoms with Gasteiger partial charge in [0, 0.05) is 72.7 Å². The number of halogens is 2. The van der Waals surface area contributed by atoms with Crippen molar-refractivity contribution in [1.82, 2.24) is 36.0 Å². The molecule has 8 N–H and O–H groups in total. The molecule has 24 heteroatoms. The highest BCUT2D eigenvalue weighted by molar-refractivity contribution is 7.52. The maximum absolute atomic E-state index is 15.0. The van der Waals surface area contributed by atoms with Gasteiger partial charge in [0.2, 0.25) is 41.4 Å². The lowest BCUT2D eigenvalue weighted by atomic mass is 9.98. The number of thiophene rings is 1. The number of rotatable bonds is 19. The maximum Gasteiger partial charge on any atom is 0.399 e. The average Bonchev–Trinajstić information content (AvgIpc) is 4.43. The monoisotopic (exact) mass is 1170 g/mol. The zero-order valence-corrected chi connectivity index (χ0v) is 46.6. The van der Waals surface area contributed by atoms with Gasteiger partial charge in [-0.3, -0.25) is 53.0 Å². The van der Waals surface area contributed by atoms with E-state index in [2.05, 4.69) is 33.1 Å². The van der Waals surface area contributed by atoms with Crippen LogP contribution < -0.4 is 27.0 Å². The summed E-state index contributed by atoms with van der Waals surface area (Å²) in [6.07, 6.45) is 2.86. The van der Waals surface area contributed by atoms with Crippen LogP contribution in [0.2, 0.25) is 0 Å². The number of hydrogen-bond donors (Lipinski definition) is 7. The van der Waals surface area contributed by atoms with E-state index >= 15 is 4.79 Å². The van der Waals surface area contributed by atoms with Crippen LogP contribution in [0.25, 0.3) is 10.1 Å². The van der Waals surface area contributed by atoms with Crippen molar-refractivity contribution in [1.29, 1.82) is 0 Å². The molecule has 3 fully saturated rings. The molecule has 4 aromatic carbocycles. The molecule has 0 radical (unpaired) electrons. The first kappa shape index (κ1) is 59.5. The highest BCUT2D eigenvalue weighted by Gasteiger charge is 2.51. The number of unbranched alkanes of at least 4 members (excludes halogenated alkanes) is 3. The predicted molar refractivity (Wildman–Crippen MR) is 300 cm³/mol. The first-order chi connectivity index (χ1) is 39.7. The van der Waals surface area contributed by atoms with Gasteiger partial charge in [-0.2, -0.15) is 8.78 Å². The number of amides is 9. The highest BCUT2D eigenvalue weighted by atomic mass is 32.1. The zero-order chi connectivity index (χ0) is 59.2. The quantitative estimate of drug-likeness (QED) is 0.0242. The number of primary amides is 1. The Kier molecular flexibility index (Phi) is 18.3. The Morgan fingerprint density at radius 3 is 2.25 bits per heavy atom. The van der Waals surface area contributed by atoms with Crippen molar-refractivity contribution in [2.75, 3.05) is 13.1 Å². The molecule has 83 heavy (non-hydrogen) atoms. The van der Waals surface area contributed by atoms with Crippen LogP contribution in [0.3, 0.4) is 0 Å². The van der Waals surface area contributed by atoms with Gasteiger partial charge in [0.15, 0.2) is 0 Å². The van der Waals surface area contributed by atoms with Crippen molar-refractivity contribution >= 4 is 82.2 Å². The smallest absolute Gasteiger partial charge is 0.370 e. The Labute approximate surface area is 480 Å². The third-order valence-corrected chi connectivity index (χ3v) is 17.6. The van der Waals surface area contributed by atoms with Crippen LogP contribution in [0.15, 0.2) is 103 Å². The second kappa shape index (κ2) is 25.5. The van der Waals surface area contributed by atoms with Crippen LogP contribution in [0.5, 0.6) is 0 Å². The normalized spacial score (nSPS) is 19.5. The summed E-state index contributed by atoms with van der Waals surface area (Å²) < 4.78 is 41.5. The second-order valence-corrected chi connectivity index (χ2v) is 23.8. The number of benzene rings is 4. The summed E-state index contributed by atoms with van der Waals surface area (Å²) in [4.78, 5) is 145. The number of nitrogens with zero attached hydrogens (tertiary/aromatic N) is 3. The summed E-state index contributed by atoms with van der Waals surface area (Å²) in [6.45, 7) is -0.000729. The minimum atomic E-state index is -5.92. The molecule has 20 nitrogen and oxygen atoms in total. The number of fused-ring (bicyclic) bond motifs is 3. The summed E-state index contributed by atoms with van der Waals surface area (Å²) in [5.41, 5.74) is 3.34. The fourth-order valence-electron chi connectivity index (χ4n) is 11.1. The van der Waals surface area contributed by atoms with Gasteiger partial charge in [-0.15, -0.1) is 11.3 Å². The lowest BCUT2D eigenvalue weighted by Gasteiger charge is -2.39. The molecule has 4 aliphatic heterocycles. The lowest BCUT2D eigenvalue weighted by Crippen LogP contribution is -2.62. The van der Waals surface area contributed by atoms with Crippen LogP contribution in [0.4, 0.5) is 8.78 Å². The van der Waals surface area contributed by atoms with E-state index in [1.54, 1.807) is 18.2 Å². The maximum atomic E-state index is 15.0. The first-order valence-electron chi connectivity index (χ1n) is 27.3. The van der Waals surface area contributed by atoms with Crippen LogP contribution in [0.1, 0.15) is 131 Å². The molecule has 5 atom stereocenters. The minimum Gasteiger partial charge on any atom is -0.370 e. The Hall–Kier alpha value is -8.16. The number of alkyl halides is 2. The molecule has 1 unspecified atom stereocenters. The summed E-state index contributed by atoms with van der Waals surface area (Å²) in [7, 11) is -5.92. The van der Waals surface area contributed by atoms with Crippen molar-refractivity contribution in [2.45, 2.75) is 126 Å². The number of nitrogens with one attached hydrogen (secondary N) is 4. The van der Waals surface area contributed by atoms with Gasteiger partial charge in [0.1, 0.15) is 24.2 Å². The van der Waals surface area contributed by atoms with Crippen molar-refractivity contribution in [3.63, 3.8) is 0 Å². The molecule has 3 saturated heterocycles. The summed E-state index contributed by atoms with van der Waals surface area (Å²) >= 11 is 0.870. The Balaban J connectivity index is 0.888. The van der Waals surface area contributed by atoms with Gasteiger partial charge in [-0.25, -0.2) is 0 Å². The van der Waals surface area contributed by atoms with Gasteiger partial charge in [0.05, 0.1) is 10.9 Å². The van der Waals surface area contributed by atoms with Gasteiger partial charge in [0.25, 0.3) is 11.8 Å². The third kappa shape index (κ3) is 13.5. The van der Waals surface area contributed by atoms with Crippen molar-refractivity contribution in [3.8, 4) is 11.8 Å². The molecule has 0 aliphatic carbocycles. The predicted octanol–water partition coefficient (Wildman–Crippen LogP) is 5.24. The molecule has 434 valence electrons. The molecular weight excluding hydrogens is 1110 g/mol. The molecule has 0 spiro atoms. The number of nitrogens with two attached hydrogens (primary N) is 1. The van der Waals surface area contributed by atoms with Crippen LogP contribution >= 0.6 is 18.9 Å². The van der Waals surface area contributed by atoms with E-state index in [0.717, 1.165) is 34.6 Å². The summed E-state index contributed by atoms with van der Waals surface area (Å²) in [6, 6.07) is 21.7. The zero-order valence-electron chi connectivity index (χ0n) is 44.9. The van der Waals surface area contributed by atoms with E-state index in [0.29, 0.717) is 53.5 Å². The standard InChI is InChI=1S/C59H61F2N8O12PS/c60-59(61,82(79,80)81)39-21-26-47-38(31-39)32-48(83-47)56(76)64-44-34-67(51(72)20-11-3-1-2-6-13-35-18-12-19-41-42(35)33-68(57(41)77)45-25-28-50(71)65-54(45)74)30-29-40-22-24-46(69(40)58(44)78)55(75)63-43(23-27-49(62)70)53(73)66-52(36-14-7-4-8-15-36)37-16-9-5-10-17-37/h4-5,7-10,12,14-19,21,26,31-32,40,43-46,52H,1-3,11,20,22-25,27-30,33-34H2,(H2,62,70)(H,63,75)(H,64,76)(H,66,73)(H,65,71,74)(H2,79,80,81)/t40-,43+,44+,45?,46+/m1/s1. The van der Waals surface area contributed by atoms with Gasteiger partial charge >= 0.3 is 13.3 Å². The van der Waals surface area contributed by atoms with Crippen molar-refractivity contribution in [2.24, 2.45) is 5.73 Å². The number of carbonyl (C=O) groups excluding carboxylic acids is 9. The van der Waals surface area contributed by atoms with Crippen LogP contribution in [-0.4, -0.2) is 121 Å². The average molecular weight is 1180 g/mol. The topological polar surface area (TPSA) is 295 Å². The van der Waals surface area contributed by atoms with Gasteiger partial charge in [-0.05, 0) is 97.4 Å². The molecule has 1 aromatic heterocycles. The van der Waals surface area contributed by atoms with E-state index in [4.69, 9.17) is 5.73 Å². The third-order valence-electron chi connectivity index (χ3n) is 15.5. The number of piperidine rings is 1. The molecule has 4 aliphatic rings. The van der Waals surface area contributed by atoms with E-state index < -0.39 is 90.5 Å². The number of carbonyl (C=O) groups is 9. The van der Waals surface area contributed by atoms with E-state index in [9.17, 15) is 61.5 Å². The number of hydrogen-bond acceptors (Lipinski definition) is 11. The van der Waals surface area contributed by atoms with Crippen LogP contribution in [-0.2, 0) is 50.3 Å². The second-order valence-electron chi connectivity index (χ2n) is 21.0. The Bertz CT molecular complexity index is 3440. The molecular formula is C59H61F2N8O12PS. The molecule has 0 bridgehead atoms. The fraction of sp³-hybridized carbons (Fsp3) is 0.373. The fourth-order valence-corrected chi connectivity index (χ4v) is 12.5. The van der Waals surface area contributed by atoms with E-state index in [1.165, 1.54) is 26.8 Å². The van der Waals surface area contributed by atoms with Crippen molar-refractivity contribution in [3.05, 3.63) is 141 Å². The Morgan fingerprint density at radius 1 is 0.843 bits per heavy atom. The molecule has 9 rings (SSSR count). The Morgan fingerprint density at radius 2 is 1.57 bits per heavy atom. The number of imide groups is 1. The molecule has 5 heterocycles. The summed E-state index contributed by atoms with van der Waals surface area (Å²) in [5, 5.41) is 10.9. The van der Waals surface area contributed by atoms with E-state index in [-0.39, 0.29) is 92.6 Å². The van der Waals surface area contributed by atoms with Crippen molar-refractivity contribution < 1.29 is 66.3 Å². The first-order valence-corrected chi connectivity index (χ1v) is 29.7. The SMILES string of the molecule is NC(=O)CC[C@H](NC(=O)[C@@H]1CC[C@@H]2CCN(C(=O)CCCCCC#Cc3cccc4c3CN(C3CCC(=O)NC3=O)C4=O)C[C@H](NC(=O)c3cc4cc(C(F)(F)P(=O)(O)O)ccc4s3)C(=O)N21)C(=O)NC(c1ccccc1)c1ccccc1. The molecule has 9 amide bonds. The lowest BCUT2D eigenvalue weighted by molar-refractivity contribution is -0.145.